The molecule has 44 heavy (non-hydrogen) atoms. The zero-order valence-corrected chi connectivity index (χ0v) is 25.6. The molecular formula is C33H36F2N4O4S. The highest BCUT2D eigenvalue weighted by atomic mass is 32.2. The van der Waals surface area contributed by atoms with E-state index in [1.54, 1.807) is 19.2 Å². The van der Waals surface area contributed by atoms with E-state index >= 15 is 0 Å². The number of nitrogens with one attached hydrogen (secondary N) is 2. The number of thioether (sulfide) groups is 1. The number of nitrogens with zero attached hydrogens (tertiary/aromatic N) is 2. The van der Waals surface area contributed by atoms with Gasteiger partial charge in [-0.1, -0.05) is 31.2 Å². The van der Waals surface area contributed by atoms with Gasteiger partial charge in [0.2, 0.25) is 0 Å². The Morgan fingerprint density at radius 1 is 1.20 bits per heavy atom. The maximum Gasteiger partial charge on any atom is 0.262 e. The summed E-state index contributed by atoms with van der Waals surface area (Å²) in [6.45, 7) is 13.0. The van der Waals surface area contributed by atoms with Crippen LogP contribution in [-0.4, -0.2) is 59.4 Å². The van der Waals surface area contributed by atoms with Crippen LogP contribution in [0.1, 0.15) is 45.1 Å². The molecule has 1 aliphatic carbocycles. The molecule has 3 atom stereocenters. The number of carbonyl (C=O) groups is 2. The van der Waals surface area contributed by atoms with E-state index < -0.39 is 17.1 Å². The summed E-state index contributed by atoms with van der Waals surface area (Å²) in [5.41, 5.74) is 2.72. The van der Waals surface area contributed by atoms with Crippen molar-refractivity contribution in [3.05, 3.63) is 77.4 Å². The van der Waals surface area contributed by atoms with Gasteiger partial charge in [0.15, 0.2) is 5.78 Å². The number of alkyl halides is 2. The van der Waals surface area contributed by atoms with Crippen LogP contribution in [0.5, 0.6) is 11.5 Å². The van der Waals surface area contributed by atoms with Gasteiger partial charge in [-0.2, -0.15) is 0 Å². The highest BCUT2D eigenvalue weighted by molar-refractivity contribution is 8.05. The number of anilines is 1. The molecule has 0 radical (unpaired) electrons. The minimum absolute atomic E-state index is 0.00543. The summed E-state index contributed by atoms with van der Waals surface area (Å²) in [6, 6.07) is 10.9. The van der Waals surface area contributed by atoms with Gasteiger partial charge in [-0.15, -0.1) is 11.8 Å². The number of allylic oxidation sites excluding steroid dienone is 1. The smallest absolute Gasteiger partial charge is 0.262 e. The van der Waals surface area contributed by atoms with E-state index in [-0.39, 0.29) is 43.0 Å². The largest absolute Gasteiger partial charge is 0.491 e. The van der Waals surface area contributed by atoms with E-state index in [4.69, 9.17) is 14.9 Å². The van der Waals surface area contributed by atoms with Crippen LogP contribution in [-0.2, 0) is 9.59 Å². The van der Waals surface area contributed by atoms with Crippen molar-refractivity contribution in [2.24, 2.45) is 5.92 Å². The van der Waals surface area contributed by atoms with E-state index in [0.29, 0.717) is 35.1 Å². The first-order valence-corrected chi connectivity index (χ1v) is 15.5. The standard InChI is InChI=1S/C33H36F2N4O4S/c1-5-27(40)29(36)30-19(2)14-20(3)31(44-30)32(41)38-21(4)22-6-8-24(9-7-22)43-26-12-13-39(17-26)28-11-10-25(16-37-28)42-18-23-15-33(23,34)35/h6-11,16,23,26,30,36H,2,4-5,12-15,17-18H2,1,3H3,(H,38,41). The van der Waals surface area contributed by atoms with Crippen molar-refractivity contribution in [1.29, 1.82) is 5.41 Å². The molecule has 1 saturated carbocycles. The van der Waals surface area contributed by atoms with Gasteiger partial charge < -0.3 is 25.1 Å². The number of amides is 1. The molecule has 2 N–H and O–H groups in total. The number of Topliss-reactive ketones (excluding diaryl/α,β-unsaturated/α-hetero) is 1. The van der Waals surface area contributed by atoms with Crippen molar-refractivity contribution in [2.45, 2.75) is 56.8 Å². The van der Waals surface area contributed by atoms with E-state index in [0.717, 1.165) is 35.5 Å². The zero-order chi connectivity index (χ0) is 31.6. The maximum absolute atomic E-state index is 13.2. The number of carbonyl (C=O) groups excluding carboxylic acids is 2. The van der Waals surface area contributed by atoms with Gasteiger partial charge in [-0.3, -0.25) is 9.59 Å². The average molecular weight is 623 g/mol. The number of ether oxygens (including phenoxy) is 2. The average Bonchev–Trinajstić information content (AvgIpc) is 3.37. The lowest BCUT2D eigenvalue weighted by atomic mass is 9.98. The summed E-state index contributed by atoms with van der Waals surface area (Å²) < 4.78 is 37.8. The molecule has 11 heteroatoms. The first-order valence-electron chi connectivity index (χ1n) is 14.6. The number of ketones is 1. The number of rotatable bonds is 12. The molecule has 2 aromatic rings. The van der Waals surface area contributed by atoms with Crippen molar-refractivity contribution in [1.82, 2.24) is 10.3 Å². The summed E-state index contributed by atoms with van der Waals surface area (Å²) >= 11 is 1.19. The third-order valence-electron chi connectivity index (χ3n) is 7.94. The third kappa shape index (κ3) is 7.20. The van der Waals surface area contributed by atoms with Crippen molar-refractivity contribution in [3.63, 3.8) is 0 Å². The molecule has 3 unspecified atom stereocenters. The van der Waals surface area contributed by atoms with Crippen LogP contribution in [0.2, 0.25) is 0 Å². The predicted molar refractivity (Wildman–Crippen MR) is 169 cm³/mol. The Hall–Kier alpha value is -3.99. The second kappa shape index (κ2) is 12.9. The zero-order valence-electron chi connectivity index (χ0n) is 24.8. The van der Waals surface area contributed by atoms with Gasteiger partial charge in [0.25, 0.3) is 11.8 Å². The number of hydrogen-bond acceptors (Lipinski definition) is 8. The maximum atomic E-state index is 13.2. The molecule has 5 rings (SSSR count). The van der Waals surface area contributed by atoms with Gasteiger partial charge >= 0.3 is 0 Å². The molecular weight excluding hydrogens is 586 g/mol. The minimum atomic E-state index is -2.60. The normalized spacial score (nSPS) is 22.4. The number of benzene rings is 1. The van der Waals surface area contributed by atoms with Gasteiger partial charge in [0.1, 0.15) is 23.4 Å². The van der Waals surface area contributed by atoms with Crippen LogP contribution < -0.4 is 19.7 Å². The quantitative estimate of drug-likeness (QED) is 0.215. The summed E-state index contributed by atoms with van der Waals surface area (Å²) in [7, 11) is 0. The fourth-order valence-electron chi connectivity index (χ4n) is 5.18. The minimum Gasteiger partial charge on any atom is -0.491 e. The van der Waals surface area contributed by atoms with E-state index in [2.05, 4.69) is 28.4 Å². The lowest BCUT2D eigenvalue weighted by molar-refractivity contribution is -0.116. The molecule has 1 saturated heterocycles. The summed E-state index contributed by atoms with van der Waals surface area (Å²) in [6.07, 6.45) is 2.90. The fourth-order valence-corrected chi connectivity index (χ4v) is 6.35. The highest BCUT2D eigenvalue weighted by Crippen LogP contribution is 2.48. The summed E-state index contributed by atoms with van der Waals surface area (Å²) in [5, 5.41) is 10.6. The van der Waals surface area contributed by atoms with E-state index in [1.807, 2.05) is 37.3 Å². The second-order valence-electron chi connectivity index (χ2n) is 11.4. The highest BCUT2D eigenvalue weighted by Gasteiger charge is 2.57. The lowest BCUT2D eigenvalue weighted by Crippen LogP contribution is -2.32. The van der Waals surface area contributed by atoms with E-state index in [9.17, 15) is 18.4 Å². The molecule has 3 heterocycles. The molecule has 1 aromatic heterocycles. The predicted octanol–water partition coefficient (Wildman–Crippen LogP) is 6.19. The Bertz CT molecular complexity index is 1510. The van der Waals surface area contributed by atoms with Gasteiger partial charge in [0.05, 0.1) is 41.1 Å². The van der Waals surface area contributed by atoms with Crippen molar-refractivity contribution in [2.75, 3.05) is 24.6 Å². The van der Waals surface area contributed by atoms with Crippen LogP contribution >= 0.6 is 11.8 Å². The summed E-state index contributed by atoms with van der Waals surface area (Å²) in [5.74, 6) is -1.94. The Morgan fingerprint density at radius 2 is 1.91 bits per heavy atom. The lowest BCUT2D eigenvalue weighted by Gasteiger charge is -2.27. The van der Waals surface area contributed by atoms with Gasteiger partial charge in [0, 0.05) is 31.5 Å². The molecule has 1 amide bonds. The summed E-state index contributed by atoms with van der Waals surface area (Å²) in [4.78, 5) is 32.3. The van der Waals surface area contributed by atoms with E-state index in [1.165, 1.54) is 11.8 Å². The molecule has 232 valence electrons. The molecule has 2 aliphatic heterocycles. The first-order chi connectivity index (χ1) is 20.9. The number of halogens is 2. The van der Waals surface area contributed by atoms with Gasteiger partial charge in [-0.25, -0.2) is 13.8 Å². The molecule has 0 bridgehead atoms. The van der Waals surface area contributed by atoms with Gasteiger partial charge in [-0.05, 0) is 55.3 Å². The fraction of sp³-hybridized carbons (Fsp3) is 0.394. The van der Waals surface area contributed by atoms with Crippen LogP contribution in [0.25, 0.3) is 5.70 Å². The molecule has 8 nitrogen and oxygen atoms in total. The SMILES string of the molecule is C=C(NC(=O)C1=C(C)CC(=C)C(C(=N)C(=O)CC)S1)c1ccc(OC2CCN(c3ccc(OCC4CC4(F)F)cn3)C2)cc1. The molecule has 3 aliphatic rings. The van der Waals surface area contributed by atoms with Crippen LogP contribution in [0.4, 0.5) is 14.6 Å². The topological polar surface area (TPSA) is 105 Å². The number of aromatic nitrogens is 1. The third-order valence-corrected chi connectivity index (χ3v) is 9.52. The van der Waals surface area contributed by atoms with Crippen molar-refractivity contribution in [3.8, 4) is 11.5 Å². The van der Waals surface area contributed by atoms with Crippen LogP contribution in [0, 0.1) is 11.3 Å². The number of hydrogen-bond donors (Lipinski definition) is 2. The molecule has 2 fully saturated rings. The number of pyridine rings is 1. The Balaban J connectivity index is 1.11. The second-order valence-corrected chi connectivity index (χ2v) is 12.5. The Morgan fingerprint density at radius 3 is 2.55 bits per heavy atom. The van der Waals surface area contributed by atoms with Crippen molar-refractivity contribution >= 4 is 40.7 Å². The first kappa shape index (κ1) is 31.4. The molecule has 0 spiro atoms. The Kier molecular flexibility index (Phi) is 9.24. The monoisotopic (exact) mass is 622 g/mol. The van der Waals surface area contributed by atoms with Crippen molar-refractivity contribution < 1.29 is 27.8 Å². The Labute approximate surface area is 260 Å². The van der Waals surface area contributed by atoms with Crippen LogP contribution in [0.15, 0.2) is 71.8 Å². The molecule has 1 aromatic carbocycles. The van der Waals surface area contributed by atoms with Crippen LogP contribution in [0.3, 0.4) is 0 Å².